The lowest BCUT2D eigenvalue weighted by Crippen LogP contribution is -2.59. The van der Waals surface area contributed by atoms with E-state index in [9.17, 15) is 4.79 Å². The summed E-state index contributed by atoms with van der Waals surface area (Å²) >= 11 is 0. The highest BCUT2D eigenvalue weighted by molar-refractivity contribution is 5.86. The Labute approximate surface area is 72.7 Å². The second kappa shape index (κ2) is 2.24. The van der Waals surface area contributed by atoms with Crippen molar-refractivity contribution in [3.8, 4) is 0 Å². The molecule has 1 saturated heterocycles. The fourth-order valence-electron chi connectivity index (χ4n) is 2.97. The zero-order valence-corrected chi connectivity index (χ0v) is 7.25. The first kappa shape index (κ1) is 6.93. The maximum Gasteiger partial charge on any atom is 0.225 e. The molecule has 0 radical (unpaired) electrons. The third-order valence-electron chi connectivity index (χ3n) is 3.86. The van der Waals surface area contributed by atoms with Crippen molar-refractivity contribution in [1.82, 2.24) is 5.32 Å². The minimum atomic E-state index is 0.326. The van der Waals surface area contributed by atoms with Crippen molar-refractivity contribution in [2.45, 2.75) is 38.1 Å². The molecule has 1 heterocycles. The number of carbonyl (C=O) groups is 1. The van der Waals surface area contributed by atoms with E-state index in [-0.39, 0.29) is 0 Å². The van der Waals surface area contributed by atoms with Gasteiger partial charge in [-0.15, -0.1) is 0 Å². The Hall–Kier alpha value is -0.530. The van der Waals surface area contributed by atoms with Gasteiger partial charge in [-0.25, -0.2) is 0 Å². The highest BCUT2D eigenvalue weighted by atomic mass is 16.2. The van der Waals surface area contributed by atoms with Gasteiger partial charge in [-0.3, -0.25) is 4.79 Å². The molecule has 1 N–H and O–H groups in total. The van der Waals surface area contributed by atoms with Gasteiger partial charge in [0.2, 0.25) is 5.91 Å². The predicted octanol–water partition coefficient (Wildman–Crippen LogP) is 1.31. The summed E-state index contributed by atoms with van der Waals surface area (Å²) in [5, 5.41) is 3.06. The van der Waals surface area contributed by atoms with E-state index in [4.69, 9.17) is 0 Å². The number of nitrogens with one attached hydrogen (secondary N) is 1. The van der Waals surface area contributed by atoms with Crippen molar-refractivity contribution in [2.75, 3.05) is 0 Å². The Morgan fingerprint density at radius 2 is 2.08 bits per heavy atom. The SMILES string of the molecule is O=C1N[C@@H]2[C@H]3C[C@H]3CCCC[C@@H]12. The molecule has 0 aromatic rings. The van der Waals surface area contributed by atoms with Crippen molar-refractivity contribution in [3.05, 3.63) is 0 Å². The molecule has 0 aromatic heterocycles. The largest absolute Gasteiger partial charge is 0.352 e. The number of β-lactam (4-membered cyclic amide) rings is 1. The van der Waals surface area contributed by atoms with Crippen LogP contribution >= 0.6 is 0 Å². The van der Waals surface area contributed by atoms with Gasteiger partial charge in [0, 0.05) is 6.04 Å². The highest BCUT2D eigenvalue weighted by Gasteiger charge is 2.53. The van der Waals surface area contributed by atoms with E-state index in [1.54, 1.807) is 0 Å². The summed E-state index contributed by atoms with van der Waals surface area (Å²) in [7, 11) is 0. The Morgan fingerprint density at radius 1 is 1.25 bits per heavy atom. The first-order chi connectivity index (χ1) is 5.86. The van der Waals surface area contributed by atoms with Gasteiger partial charge in [-0.2, -0.15) is 0 Å². The molecule has 0 spiro atoms. The lowest BCUT2D eigenvalue weighted by atomic mass is 9.80. The van der Waals surface area contributed by atoms with Crippen LogP contribution < -0.4 is 5.32 Å². The van der Waals surface area contributed by atoms with Crippen LogP contribution in [0.25, 0.3) is 0 Å². The van der Waals surface area contributed by atoms with Crippen LogP contribution in [0, 0.1) is 17.8 Å². The van der Waals surface area contributed by atoms with Gasteiger partial charge in [-0.05, 0) is 24.7 Å². The van der Waals surface area contributed by atoms with Crippen LogP contribution in [-0.4, -0.2) is 11.9 Å². The molecule has 2 heteroatoms. The molecule has 2 nitrogen and oxygen atoms in total. The maximum atomic E-state index is 11.2. The lowest BCUT2D eigenvalue weighted by molar-refractivity contribution is -0.136. The van der Waals surface area contributed by atoms with Crippen molar-refractivity contribution in [1.29, 1.82) is 0 Å². The zero-order valence-electron chi connectivity index (χ0n) is 7.25. The smallest absolute Gasteiger partial charge is 0.225 e. The predicted molar refractivity (Wildman–Crippen MR) is 45.5 cm³/mol. The van der Waals surface area contributed by atoms with Crippen LogP contribution in [-0.2, 0) is 4.79 Å². The molecule has 3 aliphatic rings. The highest BCUT2D eigenvalue weighted by Crippen LogP contribution is 2.50. The monoisotopic (exact) mass is 165 g/mol. The summed E-state index contributed by atoms with van der Waals surface area (Å²) in [6.45, 7) is 0. The lowest BCUT2D eigenvalue weighted by Gasteiger charge is -2.38. The normalized spacial score (nSPS) is 50.5. The number of carbonyl (C=O) groups excluding carboxylic acids is 1. The molecule has 12 heavy (non-hydrogen) atoms. The van der Waals surface area contributed by atoms with Gasteiger partial charge in [0.25, 0.3) is 0 Å². The second-order valence-corrected chi connectivity index (χ2v) is 4.58. The fraction of sp³-hybridized carbons (Fsp3) is 0.900. The van der Waals surface area contributed by atoms with E-state index < -0.39 is 0 Å². The number of hydrogen-bond acceptors (Lipinski definition) is 1. The first-order valence-electron chi connectivity index (χ1n) is 5.16. The number of fused-ring (bicyclic) bond motifs is 3. The average Bonchev–Trinajstić information content (AvgIpc) is 2.75. The third kappa shape index (κ3) is 0.838. The van der Waals surface area contributed by atoms with Crippen LogP contribution in [0.5, 0.6) is 0 Å². The molecule has 0 bridgehead atoms. The molecule has 2 saturated carbocycles. The minimum Gasteiger partial charge on any atom is -0.352 e. The van der Waals surface area contributed by atoms with Crippen LogP contribution in [0.3, 0.4) is 0 Å². The Bertz CT molecular complexity index is 226. The topological polar surface area (TPSA) is 29.1 Å². The van der Waals surface area contributed by atoms with E-state index >= 15 is 0 Å². The van der Waals surface area contributed by atoms with Crippen LogP contribution in [0.15, 0.2) is 0 Å². The van der Waals surface area contributed by atoms with Gasteiger partial charge >= 0.3 is 0 Å². The van der Waals surface area contributed by atoms with Crippen molar-refractivity contribution >= 4 is 5.91 Å². The molecule has 1 amide bonds. The molecule has 1 aliphatic heterocycles. The van der Waals surface area contributed by atoms with Crippen LogP contribution in [0.4, 0.5) is 0 Å². The number of hydrogen-bond donors (Lipinski definition) is 1. The zero-order chi connectivity index (χ0) is 8.13. The molecule has 66 valence electrons. The maximum absolute atomic E-state index is 11.2. The second-order valence-electron chi connectivity index (χ2n) is 4.58. The summed E-state index contributed by atoms with van der Waals surface area (Å²) < 4.78 is 0. The molecule has 3 fully saturated rings. The Kier molecular flexibility index (Phi) is 1.29. The van der Waals surface area contributed by atoms with Crippen molar-refractivity contribution in [3.63, 3.8) is 0 Å². The summed E-state index contributed by atoms with van der Waals surface area (Å²) in [5.41, 5.74) is 0. The minimum absolute atomic E-state index is 0.326. The summed E-state index contributed by atoms with van der Waals surface area (Å²) in [6, 6.07) is 0.586. The fourth-order valence-corrected chi connectivity index (χ4v) is 2.97. The standard InChI is InChI=1S/C10H15NO/c12-10-7-4-2-1-3-6-5-8(6)9(7)11-10/h6-9H,1-5H2,(H,11,12)/t6-,7-,8+,9+/m1/s1. The quantitative estimate of drug-likeness (QED) is 0.539. The van der Waals surface area contributed by atoms with E-state index in [1.165, 1.54) is 25.7 Å². The molecule has 3 rings (SSSR count). The van der Waals surface area contributed by atoms with Gasteiger partial charge in [-0.1, -0.05) is 19.3 Å². The van der Waals surface area contributed by atoms with E-state index in [0.717, 1.165) is 18.3 Å². The average molecular weight is 165 g/mol. The van der Waals surface area contributed by atoms with Gasteiger partial charge in [0.05, 0.1) is 5.92 Å². The van der Waals surface area contributed by atoms with Crippen molar-refractivity contribution in [2.24, 2.45) is 17.8 Å². The molecule has 4 atom stereocenters. The summed E-state index contributed by atoms with van der Waals surface area (Å²) in [6.07, 6.45) is 6.60. The third-order valence-corrected chi connectivity index (χ3v) is 3.86. The molecule has 0 aromatic carbocycles. The first-order valence-corrected chi connectivity index (χ1v) is 5.16. The van der Waals surface area contributed by atoms with Crippen molar-refractivity contribution < 1.29 is 4.79 Å². The van der Waals surface area contributed by atoms with E-state index in [0.29, 0.717) is 17.9 Å². The number of rotatable bonds is 0. The van der Waals surface area contributed by atoms with Gasteiger partial charge in [0.1, 0.15) is 0 Å². The Morgan fingerprint density at radius 3 is 2.92 bits per heavy atom. The summed E-state index contributed by atoms with van der Waals surface area (Å²) in [4.78, 5) is 11.2. The van der Waals surface area contributed by atoms with Gasteiger partial charge < -0.3 is 5.32 Å². The van der Waals surface area contributed by atoms with Gasteiger partial charge in [0.15, 0.2) is 0 Å². The van der Waals surface area contributed by atoms with E-state index in [2.05, 4.69) is 5.32 Å². The molecular formula is C10H15NO. The summed E-state index contributed by atoms with van der Waals surface area (Å²) in [5.74, 6) is 2.57. The number of amides is 1. The van der Waals surface area contributed by atoms with E-state index in [1.807, 2.05) is 0 Å². The van der Waals surface area contributed by atoms with Crippen LogP contribution in [0.1, 0.15) is 32.1 Å². The molecule has 0 unspecified atom stereocenters. The molecule has 2 aliphatic carbocycles. The molecular weight excluding hydrogens is 150 g/mol. The Balaban J connectivity index is 1.75. The van der Waals surface area contributed by atoms with Crippen LogP contribution in [0.2, 0.25) is 0 Å².